The number of nitrogens with zero attached hydrogens (tertiary/aromatic N) is 4. The number of thioether (sulfide) groups is 1. The molecule has 0 spiro atoms. The van der Waals surface area contributed by atoms with Crippen LogP contribution in [-0.4, -0.2) is 31.4 Å². The minimum absolute atomic E-state index is 0.130. The molecule has 1 amide bonds. The summed E-state index contributed by atoms with van der Waals surface area (Å²) in [6.45, 7) is 0.575. The molecule has 0 saturated carbocycles. The number of para-hydroxylation sites is 1. The first kappa shape index (κ1) is 21.4. The van der Waals surface area contributed by atoms with E-state index in [0.29, 0.717) is 33.3 Å². The highest BCUT2D eigenvalue weighted by Gasteiger charge is 2.17. The Bertz CT molecular complexity index is 1160. The normalized spacial score (nSPS) is 10.8. The van der Waals surface area contributed by atoms with Crippen LogP contribution in [0.4, 0.5) is 5.69 Å². The minimum Gasteiger partial charge on any atom is -0.323 e. The summed E-state index contributed by atoms with van der Waals surface area (Å²) in [5.41, 5.74) is 2.41. The van der Waals surface area contributed by atoms with Gasteiger partial charge in [0.2, 0.25) is 5.91 Å². The molecule has 31 heavy (non-hydrogen) atoms. The Labute approximate surface area is 193 Å². The molecule has 0 bridgehead atoms. The molecule has 0 fully saturated rings. The van der Waals surface area contributed by atoms with Crippen LogP contribution in [0.5, 0.6) is 0 Å². The Hall–Kier alpha value is -2.87. The van der Waals surface area contributed by atoms with Crippen LogP contribution in [0.15, 0.2) is 78.2 Å². The monoisotopic (exact) mass is 469 g/mol. The van der Waals surface area contributed by atoms with Crippen LogP contribution in [0.3, 0.4) is 0 Å². The maximum Gasteiger partial charge on any atom is 0.234 e. The second-order valence-electron chi connectivity index (χ2n) is 6.55. The third kappa shape index (κ3) is 5.25. The third-order valence-corrected chi connectivity index (χ3v) is 6.00. The SMILES string of the molecule is O=C(CSc1nnc(-c2ccncc2)n1Cc1ccccc1)Nc1c(Cl)cccc1Cl. The quantitative estimate of drug-likeness (QED) is 0.365. The van der Waals surface area contributed by atoms with Gasteiger partial charge >= 0.3 is 0 Å². The molecule has 0 aliphatic heterocycles. The number of rotatable bonds is 7. The van der Waals surface area contributed by atoms with Crippen molar-refractivity contribution < 1.29 is 4.79 Å². The Morgan fingerprint density at radius 2 is 1.65 bits per heavy atom. The number of benzene rings is 2. The van der Waals surface area contributed by atoms with Crippen LogP contribution in [-0.2, 0) is 11.3 Å². The molecule has 0 radical (unpaired) electrons. The van der Waals surface area contributed by atoms with E-state index < -0.39 is 0 Å². The van der Waals surface area contributed by atoms with Gasteiger partial charge in [0.15, 0.2) is 11.0 Å². The molecular formula is C22H17Cl2N5OS. The fourth-order valence-corrected chi connectivity index (χ4v) is 4.17. The van der Waals surface area contributed by atoms with Crippen molar-refractivity contribution in [1.29, 1.82) is 0 Å². The Kier molecular flexibility index (Phi) is 6.86. The number of halogens is 2. The summed E-state index contributed by atoms with van der Waals surface area (Å²) in [5.74, 6) is 0.605. The number of anilines is 1. The van der Waals surface area contributed by atoms with E-state index in [1.807, 2.05) is 47.0 Å². The number of nitrogens with one attached hydrogen (secondary N) is 1. The molecule has 0 saturated heterocycles. The van der Waals surface area contributed by atoms with Crippen LogP contribution >= 0.6 is 35.0 Å². The number of hydrogen-bond acceptors (Lipinski definition) is 5. The van der Waals surface area contributed by atoms with Crippen LogP contribution in [0.1, 0.15) is 5.56 Å². The fraction of sp³-hybridized carbons (Fsp3) is 0.0909. The predicted octanol–water partition coefficient (Wildman–Crippen LogP) is 5.43. The van der Waals surface area contributed by atoms with Gasteiger partial charge in [0.1, 0.15) is 0 Å². The molecule has 9 heteroatoms. The van der Waals surface area contributed by atoms with Gasteiger partial charge in [0.05, 0.1) is 28.0 Å². The number of carbonyl (C=O) groups excluding carboxylic acids is 1. The highest BCUT2D eigenvalue weighted by molar-refractivity contribution is 7.99. The van der Waals surface area contributed by atoms with Gasteiger partial charge in [-0.1, -0.05) is 71.4 Å². The molecule has 1 N–H and O–H groups in total. The maximum absolute atomic E-state index is 12.5. The Balaban J connectivity index is 1.55. The first-order chi connectivity index (χ1) is 15.1. The summed E-state index contributed by atoms with van der Waals surface area (Å²) in [7, 11) is 0. The lowest BCUT2D eigenvalue weighted by Gasteiger charge is -2.11. The highest BCUT2D eigenvalue weighted by atomic mass is 35.5. The zero-order chi connectivity index (χ0) is 21.6. The van der Waals surface area contributed by atoms with Gasteiger partial charge in [-0.05, 0) is 29.8 Å². The van der Waals surface area contributed by atoms with E-state index in [9.17, 15) is 4.79 Å². The summed E-state index contributed by atoms with van der Waals surface area (Å²) in [6.07, 6.45) is 3.43. The lowest BCUT2D eigenvalue weighted by Crippen LogP contribution is -2.15. The largest absolute Gasteiger partial charge is 0.323 e. The number of pyridine rings is 1. The van der Waals surface area contributed by atoms with E-state index >= 15 is 0 Å². The first-order valence-electron chi connectivity index (χ1n) is 9.36. The van der Waals surface area contributed by atoms with E-state index in [0.717, 1.165) is 11.1 Å². The highest BCUT2D eigenvalue weighted by Crippen LogP contribution is 2.30. The summed E-state index contributed by atoms with van der Waals surface area (Å²) >= 11 is 13.6. The second-order valence-corrected chi connectivity index (χ2v) is 8.30. The van der Waals surface area contributed by atoms with Crippen LogP contribution in [0.25, 0.3) is 11.4 Å². The smallest absolute Gasteiger partial charge is 0.234 e. The molecule has 156 valence electrons. The number of amides is 1. The van der Waals surface area contributed by atoms with Crippen molar-refractivity contribution in [3.05, 3.63) is 88.7 Å². The Morgan fingerprint density at radius 3 is 2.35 bits per heavy atom. The molecule has 0 aliphatic carbocycles. The van der Waals surface area contributed by atoms with Crippen molar-refractivity contribution >= 4 is 46.6 Å². The van der Waals surface area contributed by atoms with Crippen molar-refractivity contribution in [2.75, 3.05) is 11.1 Å². The maximum atomic E-state index is 12.5. The third-order valence-electron chi connectivity index (χ3n) is 4.40. The lowest BCUT2D eigenvalue weighted by molar-refractivity contribution is -0.113. The van der Waals surface area contributed by atoms with E-state index in [2.05, 4.69) is 20.5 Å². The second kappa shape index (κ2) is 9.96. The topological polar surface area (TPSA) is 72.7 Å². The number of carbonyl (C=O) groups is 1. The molecule has 6 nitrogen and oxygen atoms in total. The van der Waals surface area contributed by atoms with Crippen molar-refractivity contribution in [1.82, 2.24) is 19.7 Å². The van der Waals surface area contributed by atoms with Gasteiger partial charge in [0, 0.05) is 18.0 Å². The standard InChI is InChI=1S/C22H17Cl2N5OS/c23-17-7-4-8-18(24)20(17)26-19(30)14-31-22-28-27-21(16-9-11-25-12-10-16)29(22)13-15-5-2-1-3-6-15/h1-12H,13-14H2,(H,26,30). The van der Waals surface area contributed by atoms with Crippen molar-refractivity contribution in [2.24, 2.45) is 0 Å². The molecule has 4 rings (SSSR count). The van der Waals surface area contributed by atoms with Crippen LogP contribution in [0, 0.1) is 0 Å². The molecular weight excluding hydrogens is 453 g/mol. The molecule has 0 aliphatic rings. The molecule has 0 atom stereocenters. The van der Waals surface area contributed by atoms with E-state index in [-0.39, 0.29) is 11.7 Å². The van der Waals surface area contributed by atoms with E-state index in [1.165, 1.54) is 11.8 Å². The zero-order valence-electron chi connectivity index (χ0n) is 16.2. The molecule has 2 heterocycles. The van der Waals surface area contributed by atoms with E-state index in [4.69, 9.17) is 23.2 Å². The van der Waals surface area contributed by atoms with Crippen molar-refractivity contribution in [3.8, 4) is 11.4 Å². The van der Waals surface area contributed by atoms with Gasteiger partial charge in [0.25, 0.3) is 0 Å². The van der Waals surface area contributed by atoms with Crippen molar-refractivity contribution in [2.45, 2.75) is 11.7 Å². The number of aromatic nitrogens is 4. The van der Waals surface area contributed by atoms with Crippen LogP contribution < -0.4 is 5.32 Å². The van der Waals surface area contributed by atoms with Gasteiger partial charge in [-0.3, -0.25) is 14.3 Å². The predicted molar refractivity (Wildman–Crippen MR) is 125 cm³/mol. The first-order valence-corrected chi connectivity index (χ1v) is 11.1. The van der Waals surface area contributed by atoms with Gasteiger partial charge in [-0.2, -0.15) is 0 Å². The number of hydrogen-bond donors (Lipinski definition) is 1. The Morgan fingerprint density at radius 1 is 0.935 bits per heavy atom. The zero-order valence-corrected chi connectivity index (χ0v) is 18.5. The van der Waals surface area contributed by atoms with Gasteiger partial charge in [-0.25, -0.2) is 0 Å². The summed E-state index contributed by atoms with van der Waals surface area (Å²) < 4.78 is 1.99. The molecule has 2 aromatic heterocycles. The van der Waals surface area contributed by atoms with Crippen LogP contribution in [0.2, 0.25) is 10.0 Å². The molecule has 4 aromatic rings. The average Bonchev–Trinajstić information content (AvgIpc) is 3.18. The molecule has 2 aromatic carbocycles. The average molecular weight is 470 g/mol. The minimum atomic E-state index is -0.236. The fourth-order valence-electron chi connectivity index (χ4n) is 2.94. The summed E-state index contributed by atoms with van der Waals surface area (Å²) in [6, 6.07) is 18.9. The summed E-state index contributed by atoms with van der Waals surface area (Å²) in [4.78, 5) is 16.6. The van der Waals surface area contributed by atoms with Crippen molar-refractivity contribution in [3.63, 3.8) is 0 Å². The lowest BCUT2D eigenvalue weighted by atomic mass is 10.2. The van der Waals surface area contributed by atoms with Gasteiger partial charge in [-0.15, -0.1) is 10.2 Å². The van der Waals surface area contributed by atoms with E-state index in [1.54, 1.807) is 30.6 Å². The molecule has 0 unspecified atom stereocenters. The summed E-state index contributed by atoms with van der Waals surface area (Å²) in [5, 5.41) is 12.9. The van der Waals surface area contributed by atoms with Gasteiger partial charge < -0.3 is 5.32 Å².